The van der Waals surface area contributed by atoms with Gasteiger partial charge in [-0.05, 0) is 49.4 Å². The van der Waals surface area contributed by atoms with Gasteiger partial charge in [-0.1, -0.05) is 18.2 Å². The number of pyridine rings is 1. The van der Waals surface area contributed by atoms with Crippen molar-refractivity contribution >= 4 is 17.6 Å². The molecule has 0 bridgehead atoms. The van der Waals surface area contributed by atoms with Crippen molar-refractivity contribution in [2.24, 2.45) is 5.73 Å². The van der Waals surface area contributed by atoms with Crippen LogP contribution in [0.3, 0.4) is 0 Å². The van der Waals surface area contributed by atoms with Crippen LogP contribution >= 0.6 is 0 Å². The number of carbonyl (C=O) groups is 3. The Labute approximate surface area is 189 Å². The van der Waals surface area contributed by atoms with Gasteiger partial charge in [-0.25, -0.2) is 4.39 Å². The fourth-order valence-electron chi connectivity index (χ4n) is 3.22. The average Bonchev–Trinajstić information content (AvgIpc) is 3.33. The summed E-state index contributed by atoms with van der Waals surface area (Å²) in [5.74, 6) is -2.52. The number of phenols is 1. The number of ketones is 1. The summed E-state index contributed by atoms with van der Waals surface area (Å²) < 4.78 is 13.5. The fraction of sp³-hybridized carbons (Fsp3) is 0.167. The summed E-state index contributed by atoms with van der Waals surface area (Å²) in [4.78, 5) is 38.5. The van der Waals surface area contributed by atoms with Gasteiger partial charge in [0.15, 0.2) is 5.78 Å². The average molecular weight is 450 g/mol. The first-order valence-corrected chi connectivity index (χ1v) is 10.2. The van der Waals surface area contributed by atoms with Crippen molar-refractivity contribution in [1.82, 2.24) is 15.6 Å². The predicted octanol–water partition coefficient (Wildman–Crippen LogP) is 2.03. The molecular formula is C24H23FN4O4. The number of nitrogens with one attached hydrogen (secondary N) is 2. The van der Waals surface area contributed by atoms with Gasteiger partial charge >= 0.3 is 0 Å². The maximum atomic E-state index is 13.5. The second-order valence-electron chi connectivity index (χ2n) is 7.30. The molecule has 9 heteroatoms. The van der Waals surface area contributed by atoms with E-state index in [4.69, 9.17) is 5.73 Å². The summed E-state index contributed by atoms with van der Waals surface area (Å²) in [5.41, 5.74) is 5.76. The Morgan fingerprint density at radius 3 is 2.24 bits per heavy atom. The van der Waals surface area contributed by atoms with E-state index in [2.05, 4.69) is 15.6 Å². The van der Waals surface area contributed by atoms with Gasteiger partial charge in [0.1, 0.15) is 11.6 Å². The van der Waals surface area contributed by atoms with Gasteiger partial charge in [0.25, 0.3) is 5.91 Å². The minimum Gasteiger partial charge on any atom is -0.507 e. The molecule has 0 saturated carbocycles. The van der Waals surface area contributed by atoms with E-state index in [0.717, 1.165) is 25.6 Å². The van der Waals surface area contributed by atoms with Crippen LogP contribution in [-0.2, 0) is 0 Å². The number of aromatic hydroxyl groups is 1. The predicted molar refractivity (Wildman–Crippen MR) is 119 cm³/mol. The first-order chi connectivity index (χ1) is 15.9. The number of aromatic nitrogens is 1. The minimum absolute atomic E-state index is 0.0129. The highest BCUT2D eigenvalue weighted by molar-refractivity contribution is 6.11. The molecule has 0 spiro atoms. The van der Waals surface area contributed by atoms with E-state index < -0.39 is 28.8 Å². The number of phenolic OH excluding ortho intramolecular Hbond substituents is 1. The van der Waals surface area contributed by atoms with Crippen molar-refractivity contribution in [3.8, 4) is 5.75 Å². The Hall–Kier alpha value is -4.11. The molecule has 0 radical (unpaired) electrons. The van der Waals surface area contributed by atoms with Crippen LogP contribution in [0, 0.1) is 5.82 Å². The van der Waals surface area contributed by atoms with Crippen molar-refractivity contribution in [2.45, 2.75) is 12.5 Å². The number of nitrogens with zero attached hydrogens (tertiary/aromatic N) is 1. The summed E-state index contributed by atoms with van der Waals surface area (Å²) >= 11 is 0. The molecule has 2 amide bonds. The van der Waals surface area contributed by atoms with E-state index >= 15 is 0 Å². The van der Waals surface area contributed by atoms with Crippen molar-refractivity contribution in [3.05, 3.63) is 95.1 Å². The topological polar surface area (TPSA) is 134 Å². The largest absolute Gasteiger partial charge is 0.507 e. The highest BCUT2D eigenvalue weighted by atomic mass is 19.1. The summed E-state index contributed by atoms with van der Waals surface area (Å²) in [6, 6.07) is 12.8. The molecule has 1 saturated heterocycles. The molecule has 0 unspecified atom stereocenters. The van der Waals surface area contributed by atoms with Crippen LogP contribution in [0.15, 0.2) is 67.0 Å². The Balaban J connectivity index is 0.000000194. The zero-order chi connectivity index (χ0) is 23.8. The number of primary amides is 1. The lowest BCUT2D eigenvalue weighted by atomic mass is 10.0. The van der Waals surface area contributed by atoms with Gasteiger partial charge in [0.2, 0.25) is 5.91 Å². The molecule has 4 rings (SSSR count). The molecule has 170 valence electrons. The number of carbonyl (C=O) groups excluding carboxylic acids is 3. The Bertz CT molecular complexity index is 1110. The van der Waals surface area contributed by atoms with Crippen molar-refractivity contribution < 1.29 is 23.9 Å². The highest BCUT2D eigenvalue weighted by Gasteiger charge is 2.19. The van der Waals surface area contributed by atoms with Crippen LogP contribution in [0.1, 0.15) is 43.1 Å². The lowest BCUT2D eigenvalue weighted by Crippen LogP contribution is -2.36. The van der Waals surface area contributed by atoms with Gasteiger partial charge < -0.3 is 21.5 Å². The van der Waals surface area contributed by atoms with Crippen molar-refractivity contribution in [2.75, 3.05) is 13.1 Å². The van der Waals surface area contributed by atoms with Gasteiger partial charge in [-0.2, -0.15) is 0 Å². The SMILES string of the molecule is NC(=O)c1ccc(C(=O)c2c(O)cccc2F)cc1.O=C(N[C@H]1CCNC1)c1ccncc1. The van der Waals surface area contributed by atoms with Crippen molar-refractivity contribution in [1.29, 1.82) is 0 Å². The number of nitrogens with two attached hydrogens (primary N) is 1. The molecule has 1 fully saturated rings. The Morgan fingerprint density at radius 1 is 1.00 bits per heavy atom. The smallest absolute Gasteiger partial charge is 0.251 e. The summed E-state index contributed by atoms with van der Waals surface area (Å²) in [6.45, 7) is 1.86. The summed E-state index contributed by atoms with van der Waals surface area (Å²) in [6.07, 6.45) is 4.26. The highest BCUT2D eigenvalue weighted by Crippen LogP contribution is 2.23. The molecule has 1 aliphatic heterocycles. The van der Waals surface area contributed by atoms with E-state index in [1.807, 2.05) is 0 Å². The second kappa shape index (κ2) is 11.0. The fourth-order valence-corrected chi connectivity index (χ4v) is 3.22. The number of benzene rings is 2. The quantitative estimate of drug-likeness (QED) is 0.440. The monoisotopic (exact) mass is 450 g/mol. The molecule has 2 aromatic carbocycles. The van der Waals surface area contributed by atoms with E-state index in [1.165, 1.54) is 36.4 Å². The standard InChI is InChI=1S/C14H10FNO3.C10H13N3O/c15-10-2-1-3-11(17)12(10)13(18)8-4-6-9(7-5-8)14(16)19;14-10(8-1-4-11-5-2-8)13-9-3-6-12-7-9/h1-7,17H,(H2,16,19);1-2,4-5,9,12H,3,6-7H2,(H,13,14)/t;9-/m.0/s1. The van der Waals surface area contributed by atoms with Gasteiger partial charge in [-0.15, -0.1) is 0 Å². The zero-order valence-electron chi connectivity index (χ0n) is 17.6. The zero-order valence-corrected chi connectivity index (χ0v) is 17.6. The van der Waals surface area contributed by atoms with Crippen LogP contribution < -0.4 is 16.4 Å². The molecule has 3 aromatic rings. The van der Waals surface area contributed by atoms with Crippen LogP contribution in [0.5, 0.6) is 5.75 Å². The Morgan fingerprint density at radius 2 is 1.67 bits per heavy atom. The third-order valence-electron chi connectivity index (χ3n) is 4.99. The van der Waals surface area contributed by atoms with E-state index in [0.29, 0.717) is 5.56 Å². The van der Waals surface area contributed by atoms with Gasteiger partial charge in [0.05, 0.1) is 5.56 Å². The molecule has 8 nitrogen and oxygen atoms in total. The lowest BCUT2D eigenvalue weighted by Gasteiger charge is -2.10. The maximum absolute atomic E-state index is 13.5. The van der Waals surface area contributed by atoms with E-state index in [1.54, 1.807) is 24.5 Å². The van der Waals surface area contributed by atoms with E-state index in [9.17, 15) is 23.9 Å². The van der Waals surface area contributed by atoms with E-state index in [-0.39, 0.29) is 23.1 Å². The first kappa shape index (κ1) is 23.6. The van der Waals surface area contributed by atoms with Gasteiger partial charge in [0, 0.05) is 41.7 Å². The third kappa shape index (κ3) is 6.20. The van der Waals surface area contributed by atoms with Crippen LogP contribution in [0.25, 0.3) is 0 Å². The molecular weight excluding hydrogens is 427 g/mol. The summed E-state index contributed by atoms with van der Waals surface area (Å²) in [7, 11) is 0. The molecule has 33 heavy (non-hydrogen) atoms. The van der Waals surface area contributed by atoms with Crippen LogP contribution in [0.2, 0.25) is 0 Å². The normalized spacial score (nSPS) is 14.6. The summed E-state index contributed by atoms with van der Waals surface area (Å²) in [5, 5.41) is 15.7. The molecule has 1 atom stereocenters. The molecule has 5 N–H and O–H groups in total. The first-order valence-electron chi connectivity index (χ1n) is 10.2. The van der Waals surface area contributed by atoms with Gasteiger partial charge in [-0.3, -0.25) is 19.4 Å². The maximum Gasteiger partial charge on any atom is 0.251 e. The number of amides is 2. The molecule has 0 aliphatic carbocycles. The van der Waals surface area contributed by atoms with Crippen LogP contribution in [-0.4, -0.2) is 46.8 Å². The number of rotatable bonds is 5. The number of halogens is 1. The number of hydrogen-bond donors (Lipinski definition) is 4. The van der Waals surface area contributed by atoms with Crippen molar-refractivity contribution in [3.63, 3.8) is 0 Å². The second-order valence-corrected chi connectivity index (χ2v) is 7.30. The Kier molecular flexibility index (Phi) is 7.82. The van der Waals surface area contributed by atoms with Crippen LogP contribution in [0.4, 0.5) is 4.39 Å². The molecule has 2 heterocycles. The third-order valence-corrected chi connectivity index (χ3v) is 4.99. The minimum atomic E-state index is -0.802. The lowest BCUT2D eigenvalue weighted by molar-refractivity contribution is 0.0938. The molecule has 1 aliphatic rings. The number of hydrogen-bond acceptors (Lipinski definition) is 6. The molecule has 1 aromatic heterocycles.